The monoisotopic (exact) mass is 446 g/mol. The number of carbonyl (C=O) groups is 1. The van der Waals surface area contributed by atoms with Gasteiger partial charge in [0.05, 0.1) is 17.8 Å². The number of nitrogens with zero attached hydrogens (tertiary/aromatic N) is 5. The van der Waals surface area contributed by atoms with Crippen molar-refractivity contribution in [2.24, 2.45) is 0 Å². The van der Waals surface area contributed by atoms with Crippen LogP contribution >= 0.6 is 22.9 Å². The first-order valence-electron chi connectivity index (χ1n) is 9.24. The number of rotatable bonds is 6. The molecule has 1 fully saturated rings. The van der Waals surface area contributed by atoms with Gasteiger partial charge in [-0.2, -0.15) is 4.98 Å². The van der Waals surface area contributed by atoms with Crippen molar-refractivity contribution in [3.8, 4) is 10.7 Å². The van der Waals surface area contributed by atoms with E-state index in [1.54, 1.807) is 19.3 Å². The Morgan fingerprint density at radius 1 is 1.33 bits per heavy atom. The maximum atomic E-state index is 12.1. The molecule has 0 aliphatic carbocycles. The molecule has 2 N–H and O–H groups in total. The number of aromatic nitrogens is 4. The first-order chi connectivity index (χ1) is 14.4. The molecule has 4 rings (SSSR count). The van der Waals surface area contributed by atoms with E-state index < -0.39 is 18.2 Å². The molecular weight excluding hydrogens is 428 g/mol. The summed E-state index contributed by atoms with van der Waals surface area (Å²) < 4.78 is 5.06. The lowest BCUT2D eigenvalue weighted by Crippen LogP contribution is -2.41. The molecule has 3 aromatic rings. The third-order valence-corrected chi connectivity index (χ3v) is 5.97. The van der Waals surface area contributed by atoms with Crippen LogP contribution in [-0.2, 0) is 4.74 Å². The summed E-state index contributed by atoms with van der Waals surface area (Å²) in [6.07, 6.45) is 2.13. The zero-order valence-corrected chi connectivity index (χ0v) is 17.8. The van der Waals surface area contributed by atoms with Gasteiger partial charge in [0.2, 0.25) is 5.95 Å². The van der Waals surface area contributed by atoms with Crippen molar-refractivity contribution in [2.45, 2.75) is 32.0 Å². The van der Waals surface area contributed by atoms with Gasteiger partial charge in [-0.05, 0) is 26.0 Å². The highest BCUT2D eigenvalue weighted by Gasteiger charge is 2.38. The van der Waals surface area contributed by atoms with Crippen LogP contribution in [0.4, 0.5) is 16.6 Å². The van der Waals surface area contributed by atoms with Gasteiger partial charge in [0.1, 0.15) is 28.6 Å². The lowest BCUT2D eigenvalue weighted by Gasteiger charge is -2.23. The molecule has 9 nitrogen and oxygen atoms in total. The normalized spacial score (nSPS) is 18.2. The summed E-state index contributed by atoms with van der Waals surface area (Å²) in [4.78, 5) is 31.8. The van der Waals surface area contributed by atoms with Crippen molar-refractivity contribution < 1.29 is 14.6 Å². The third-order valence-electron chi connectivity index (χ3n) is 4.57. The maximum absolute atomic E-state index is 12.1. The van der Waals surface area contributed by atoms with E-state index in [2.05, 4.69) is 25.3 Å². The van der Waals surface area contributed by atoms with Crippen LogP contribution in [0.1, 0.15) is 24.8 Å². The van der Waals surface area contributed by atoms with Crippen LogP contribution in [0.3, 0.4) is 0 Å². The summed E-state index contributed by atoms with van der Waals surface area (Å²) in [6.45, 7) is 3.61. The molecule has 0 radical (unpaired) electrons. The number of pyridine rings is 1. The van der Waals surface area contributed by atoms with Crippen LogP contribution in [0.15, 0.2) is 36.7 Å². The van der Waals surface area contributed by atoms with Crippen molar-refractivity contribution in [2.75, 3.05) is 16.8 Å². The minimum absolute atomic E-state index is 0.0778. The number of amides is 1. The number of cyclic esters (lactones) is 1. The average molecular weight is 447 g/mol. The highest BCUT2D eigenvalue weighted by molar-refractivity contribution is 7.15. The minimum Gasteiger partial charge on any atom is -0.447 e. The van der Waals surface area contributed by atoms with Crippen molar-refractivity contribution in [1.29, 1.82) is 0 Å². The quantitative estimate of drug-likeness (QED) is 0.553. The summed E-state index contributed by atoms with van der Waals surface area (Å²) in [6, 6.07) is 6.43. The molecule has 1 aliphatic rings. The van der Waals surface area contributed by atoms with E-state index in [9.17, 15) is 9.90 Å². The maximum Gasteiger partial charge on any atom is 0.416 e. The highest BCUT2D eigenvalue weighted by Crippen LogP contribution is 2.30. The van der Waals surface area contributed by atoms with Gasteiger partial charge in [0, 0.05) is 23.3 Å². The zero-order chi connectivity index (χ0) is 21.3. The van der Waals surface area contributed by atoms with Crippen molar-refractivity contribution in [3.05, 3.63) is 46.7 Å². The van der Waals surface area contributed by atoms with E-state index >= 15 is 0 Å². The van der Waals surface area contributed by atoms with E-state index in [1.807, 2.05) is 25.1 Å². The van der Waals surface area contributed by atoms with Gasteiger partial charge in [-0.25, -0.2) is 14.8 Å². The Bertz CT molecular complexity index is 1050. The smallest absolute Gasteiger partial charge is 0.416 e. The summed E-state index contributed by atoms with van der Waals surface area (Å²) in [5, 5.41) is 14.1. The Balaban J connectivity index is 1.55. The van der Waals surface area contributed by atoms with Crippen molar-refractivity contribution >= 4 is 40.8 Å². The Labute approximate surface area is 181 Å². The minimum atomic E-state index is -0.789. The van der Waals surface area contributed by atoms with E-state index in [0.717, 1.165) is 15.6 Å². The van der Waals surface area contributed by atoms with Gasteiger partial charge >= 0.3 is 6.09 Å². The molecule has 0 aromatic carbocycles. The second-order valence-electron chi connectivity index (χ2n) is 6.78. The molecule has 11 heteroatoms. The zero-order valence-electron chi connectivity index (χ0n) is 16.2. The lowest BCUT2D eigenvalue weighted by atomic mass is 10.2. The topological polar surface area (TPSA) is 113 Å². The molecule has 30 heavy (non-hydrogen) atoms. The molecule has 0 saturated carbocycles. The molecule has 4 heterocycles. The number of anilines is 2. The number of thiazole rings is 1. The van der Waals surface area contributed by atoms with Gasteiger partial charge in [0.15, 0.2) is 0 Å². The first kappa shape index (κ1) is 20.5. The molecule has 0 unspecified atom stereocenters. The van der Waals surface area contributed by atoms with Crippen LogP contribution in [0.2, 0.25) is 5.15 Å². The number of hydrogen-bond acceptors (Lipinski definition) is 9. The summed E-state index contributed by atoms with van der Waals surface area (Å²) in [5.74, 6) is 0.512. The fraction of sp³-hybridized carbons (Fsp3) is 0.316. The summed E-state index contributed by atoms with van der Waals surface area (Å²) in [7, 11) is 0. The third kappa shape index (κ3) is 4.20. The number of aliphatic hydroxyl groups is 1. The number of halogens is 1. The van der Waals surface area contributed by atoms with Gasteiger partial charge < -0.3 is 15.2 Å². The number of carbonyl (C=O) groups excluding carboxylic acids is 1. The van der Waals surface area contributed by atoms with Crippen LogP contribution in [0.5, 0.6) is 0 Å². The van der Waals surface area contributed by atoms with Crippen LogP contribution < -0.4 is 10.2 Å². The molecule has 1 aliphatic heterocycles. The second-order valence-corrected chi connectivity index (χ2v) is 8.23. The number of nitrogens with one attached hydrogen (secondary N) is 1. The number of hydrogen-bond donors (Lipinski definition) is 2. The molecule has 3 atom stereocenters. The Morgan fingerprint density at radius 2 is 2.17 bits per heavy atom. The summed E-state index contributed by atoms with van der Waals surface area (Å²) >= 11 is 7.68. The van der Waals surface area contributed by atoms with E-state index in [1.165, 1.54) is 22.3 Å². The standard InChI is InChI=1S/C19H19ClN6O3S/c1-10(14-8-22-17(30-14)12-5-3-4-6-21-12)23-18-24-15(20)7-16(25-18)26-13(11(2)27)9-29-19(26)28/h3-8,10-11,13,27H,9H2,1-2H3,(H,23,24,25)/t10-,11+,13+/m0/s1. The Morgan fingerprint density at radius 3 is 2.90 bits per heavy atom. The molecule has 156 valence electrons. The SMILES string of the molecule is C[C@H](Nc1nc(Cl)cc(N2C(=O)OC[C@@H]2[C@@H](C)O)n1)c1cnc(-c2ccccn2)s1. The molecule has 1 amide bonds. The van der Waals surface area contributed by atoms with Crippen molar-refractivity contribution in [1.82, 2.24) is 19.9 Å². The first-order valence-corrected chi connectivity index (χ1v) is 10.4. The predicted molar refractivity (Wildman–Crippen MR) is 114 cm³/mol. The van der Waals surface area contributed by atoms with Crippen LogP contribution in [0, 0.1) is 0 Å². The van der Waals surface area contributed by atoms with Gasteiger partial charge in [0.25, 0.3) is 0 Å². The second kappa shape index (κ2) is 8.50. The van der Waals surface area contributed by atoms with E-state index in [0.29, 0.717) is 0 Å². The van der Waals surface area contributed by atoms with Crippen molar-refractivity contribution in [3.63, 3.8) is 0 Å². The molecule has 0 bridgehead atoms. The van der Waals surface area contributed by atoms with Gasteiger partial charge in [-0.3, -0.25) is 9.88 Å². The number of ether oxygens (including phenoxy) is 1. The van der Waals surface area contributed by atoms with Crippen LogP contribution in [-0.4, -0.2) is 49.9 Å². The Kier molecular flexibility index (Phi) is 5.80. The fourth-order valence-corrected chi connectivity index (χ4v) is 4.08. The van der Waals surface area contributed by atoms with Crippen LogP contribution in [0.25, 0.3) is 10.7 Å². The average Bonchev–Trinajstić information content (AvgIpc) is 3.35. The van der Waals surface area contributed by atoms with E-state index in [-0.39, 0.29) is 29.6 Å². The molecule has 1 saturated heterocycles. The Hall–Kier alpha value is -2.82. The fourth-order valence-electron chi connectivity index (χ4n) is 3.01. The number of aliphatic hydroxyl groups excluding tert-OH is 1. The molecule has 3 aromatic heterocycles. The van der Waals surface area contributed by atoms with Gasteiger partial charge in [-0.1, -0.05) is 17.7 Å². The molecule has 0 spiro atoms. The largest absolute Gasteiger partial charge is 0.447 e. The van der Waals surface area contributed by atoms with Gasteiger partial charge in [-0.15, -0.1) is 11.3 Å². The summed E-state index contributed by atoms with van der Waals surface area (Å²) in [5.41, 5.74) is 0.805. The predicted octanol–water partition coefficient (Wildman–Crippen LogP) is 3.53. The lowest BCUT2D eigenvalue weighted by molar-refractivity contribution is 0.142. The highest BCUT2D eigenvalue weighted by atomic mass is 35.5. The van der Waals surface area contributed by atoms with E-state index in [4.69, 9.17) is 16.3 Å². The molecular formula is C19H19ClN6O3S.